The highest BCUT2D eigenvalue weighted by Gasteiger charge is 2.14. The Bertz CT molecular complexity index is 786. The van der Waals surface area contributed by atoms with Crippen molar-refractivity contribution in [2.24, 2.45) is 10.7 Å². The van der Waals surface area contributed by atoms with Gasteiger partial charge in [0.2, 0.25) is 5.95 Å². The summed E-state index contributed by atoms with van der Waals surface area (Å²) in [5.41, 5.74) is 10.6. The number of nitrogens with zero attached hydrogens (tertiary/aromatic N) is 3. The smallest absolute Gasteiger partial charge is 0.227 e. The summed E-state index contributed by atoms with van der Waals surface area (Å²) in [5.74, 6) is 1.29. The summed E-state index contributed by atoms with van der Waals surface area (Å²) in [6.45, 7) is 2.09. The average molecular weight is 341 g/mol. The maximum Gasteiger partial charge on any atom is 0.227 e. The highest BCUT2D eigenvalue weighted by atomic mass is 32.2. The quantitative estimate of drug-likeness (QED) is 0.773. The standard InChI is InChI=1S/C17H19N5OS/c1-11-14(10-24-16(18)20-11)15-6-8-19-17(22-15)21-13-4-2-12(3-5-13)7-9-23/h2-6,8,23H,7,9-10H2,1H3,(H2,18,20)(H,19,21,22). The van der Waals surface area contributed by atoms with Crippen LogP contribution in [-0.2, 0) is 6.42 Å². The summed E-state index contributed by atoms with van der Waals surface area (Å²) in [6.07, 6.45) is 2.39. The van der Waals surface area contributed by atoms with E-state index in [9.17, 15) is 0 Å². The van der Waals surface area contributed by atoms with E-state index in [1.807, 2.05) is 37.3 Å². The zero-order chi connectivity index (χ0) is 16.9. The van der Waals surface area contributed by atoms with Gasteiger partial charge in [0.05, 0.1) is 5.69 Å². The number of nitrogens with one attached hydrogen (secondary N) is 1. The number of hydrogen-bond acceptors (Lipinski definition) is 7. The molecule has 2 heterocycles. The van der Waals surface area contributed by atoms with E-state index in [0.29, 0.717) is 17.5 Å². The maximum atomic E-state index is 8.96. The molecule has 2 aromatic rings. The zero-order valence-electron chi connectivity index (χ0n) is 13.4. The molecule has 0 spiro atoms. The molecule has 0 bridgehead atoms. The molecule has 0 aliphatic carbocycles. The second kappa shape index (κ2) is 7.46. The lowest BCUT2D eigenvalue weighted by Gasteiger charge is -2.15. The second-order valence-corrected chi connectivity index (χ2v) is 6.36. The van der Waals surface area contributed by atoms with Gasteiger partial charge in [-0.15, -0.1) is 0 Å². The first-order valence-electron chi connectivity index (χ1n) is 7.62. The number of hydrogen-bond donors (Lipinski definition) is 3. The Hall–Kier alpha value is -2.38. The summed E-state index contributed by atoms with van der Waals surface area (Å²) in [6, 6.07) is 9.74. The van der Waals surface area contributed by atoms with Crippen molar-refractivity contribution in [1.29, 1.82) is 0 Å². The van der Waals surface area contributed by atoms with Crippen molar-refractivity contribution >= 4 is 34.1 Å². The first kappa shape index (κ1) is 16.5. The number of allylic oxidation sites excluding steroid dienone is 1. The Labute approximate surface area is 144 Å². The lowest BCUT2D eigenvalue weighted by Crippen LogP contribution is -2.13. The van der Waals surface area contributed by atoms with E-state index in [1.165, 1.54) is 11.8 Å². The van der Waals surface area contributed by atoms with Crippen LogP contribution in [-0.4, -0.2) is 32.6 Å². The van der Waals surface area contributed by atoms with Gasteiger partial charge in [0.15, 0.2) is 5.17 Å². The topological polar surface area (TPSA) is 96.4 Å². The van der Waals surface area contributed by atoms with Crippen LogP contribution >= 0.6 is 11.8 Å². The summed E-state index contributed by atoms with van der Waals surface area (Å²) < 4.78 is 0. The van der Waals surface area contributed by atoms with E-state index < -0.39 is 0 Å². The van der Waals surface area contributed by atoms with Gasteiger partial charge in [-0.1, -0.05) is 23.9 Å². The Morgan fingerprint density at radius 2 is 2.04 bits per heavy atom. The van der Waals surface area contributed by atoms with Gasteiger partial charge < -0.3 is 16.2 Å². The van der Waals surface area contributed by atoms with Crippen molar-refractivity contribution in [1.82, 2.24) is 9.97 Å². The number of benzene rings is 1. The minimum Gasteiger partial charge on any atom is -0.396 e. The van der Waals surface area contributed by atoms with Gasteiger partial charge in [-0.05, 0) is 37.1 Å². The molecular weight excluding hydrogens is 322 g/mol. The molecule has 0 radical (unpaired) electrons. The lowest BCUT2D eigenvalue weighted by molar-refractivity contribution is 0.299. The Morgan fingerprint density at radius 1 is 1.25 bits per heavy atom. The largest absolute Gasteiger partial charge is 0.396 e. The Balaban J connectivity index is 1.79. The normalized spacial score (nSPS) is 14.5. The number of thioether (sulfide) groups is 1. The predicted octanol–water partition coefficient (Wildman–Crippen LogP) is 2.55. The van der Waals surface area contributed by atoms with E-state index in [-0.39, 0.29) is 6.61 Å². The minimum atomic E-state index is 0.150. The van der Waals surface area contributed by atoms with Gasteiger partial charge in [-0.2, -0.15) is 0 Å². The number of anilines is 2. The van der Waals surface area contributed by atoms with Crippen molar-refractivity contribution in [2.45, 2.75) is 13.3 Å². The van der Waals surface area contributed by atoms with Gasteiger partial charge >= 0.3 is 0 Å². The van der Waals surface area contributed by atoms with E-state index in [2.05, 4.69) is 20.3 Å². The molecule has 1 aromatic carbocycles. The Kier molecular flexibility index (Phi) is 5.12. The maximum absolute atomic E-state index is 8.96. The first-order chi connectivity index (χ1) is 11.7. The molecule has 0 amide bonds. The van der Waals surface area contributed by atoms with Crippen LogP contribution in [0.15, 0.2) is 47.2 Å². The third-order valence-corrected chi connectivity index (χ3v) is 4.47. The van der Waals surface area contributed by atoms with Crippen molar-refractivity contribution < 1.29 is 5.11 Å². The van der Waals surface area contributed by atoms with Gasteiger partial charge in [-0.25, -0.2) is 15.0 Å². The summed E-state index contributed by atoms with van der Waals surface area (Å²) in [5, 5.41) is 12.7. The first-order valence-corrected chi connectivity index (χ1v) is 8.61. The van der Waals surface area contributed by atoms with Crippen molar-refractivity contribution in [2.75, 3.05) is 17.7 Å². The fourth-order valence-electron chi connectivity index (χ4n) is 2.37. The number of nitrogens with two attached hydrogens (primary N) is 1. The molecular formula is C17H19N5OS. The van der Waals surface area contributed by atoms with Crippen LogP contribution in [0.5, 0.6) is 0 Å². The van der Waals surface area contributed by atoms with Crippen LogP contribution in [0.25, 0.3) is 5.57 Å². The zero-order valence-corrected chi connectivity index (χ0v) is 14.2. The Morgan fingerprint density at radius 3 is 2.75 bits per heavy atom. The molecule has 0 saturated carbocycles. The fraction of sp³-hybridized carbons (Fsp3) is 0.235. The molecule has 24 heavy (non-hydrogen) atoms. The highest BCUT2D eigenvalue weighted by Crippen LogP contribution is 2.27. The number of rotatable bonds is 5. The number of aliphatic imine (C=N–C) groups is 1. The van der Waals surface area contributed by atoms with Gasteiger partial charge in [0, 0.05) is 35.5 Å². The van der Waals surface area contributed by atoms with E-state index >= 15 is 0 Å². The average Bonchev–Trinajstić information content (AvgIpc) is 2.57. The molecule has 0 fully saturated rings. The number of aliphatic hydroxyl groups is 1. The van der Waals surface area contributed by atoms with Gasteiger partial charge in [0.1, 0.15) is 0 Å². The third-order valence-electron chi connectivity index (χ3n) is 3.65. The summed E-state index contributed by atoms with van der Waals surface area (Å²) >= 11 is 1.51. The molecule has 0 saturated heterocycles. The van der Waals surface area contributed by atoms with E-state index in [1.54, 1.807) is 6.20 Å². The van der Waals surface area contributed by atoms with Gasteiger partial charge in [0.25, 0.3) is 0 Å². The number of aromatic nitrogens is 2. The van der Waals surface area contributed by atoms with E-state index in [4.69, 9.17) is 10.8 Å². The second-order valence-electron chi connectivity index (χ2n) is 5.36. The molecule has 1 aliphatic rings. The van der Waals surface area contributed by atoms with Crippen LogP contribution in [0.1, 0.15) is 18.2 Å². The SMILES string of the molecule is CC1=C(c2ccnc(Nc3ccc(CCO)cc3)n2)CSC(N)=N1. The molecule has 0 unspecified atom stereocenters. The van der Waals surface area contributed by atoms with Crippen molar-refractivity contribution in [3.05, 3.63) is 53.5 Å². The highest BCUT2D eigenvalue weighted by molar-refractivity contribution is 8.14. The van der Waals surface area contributed by atoms with Crippen LogP contribution in [0.3, 0.4) is 0 Å². The van der Waals surface area contributed by atoms with Gasteiger partial charge in [-0.3, -0.25) is 0 Å². The fourth-order valence-corrected chi connectivity index (χ4v) is 3.23. The molecule has 7 heteroatoms. The third kappa shape index (κ3) is 3.93. The van der Waals surface area contributed by atoms with Crippen LogP contribution in [0, 0.1) is 0 Å². The van der Waals surface area contributed by atoms with E-state index in [0.717, 1.165) is 34.0 Å². The number of amidine groups is 1. The van der Waals surface area contributed by atoms with Crippen LogP contribution in [0.4, 0.5) is 11.6 Å². The molecule has 1 aromatic heterocycles. The summed E-state index contributed by atoms with van der Waals surface area (Å²) in [7, 11) is 0. The minimum absolute atomic E-state index is 0.150. The molecule has 4 N–H and O–H groups in total. The monoisotopic (exact) mass is 341 g/mol. The molecule has 124 valence electrons. The molecule has 3 rings (SSSR count). The van der Waals surface area contributed by atoms with Crippen LogP contribution in [0.2, 0.25) is 0 Å². The number of aliphatic hydroxyl groups excluding tert-OH is 1. The lowest BCUT2D eigenvalue weighted by atomic mass is 10.1. The summed E-state index contributed by atoms with van der Waals surface area (Å²) in [4.78, 5) is 13.2. The molecule has 6 nitrogen and oxygen atoms in total. The predicted molar refractivity (Wildman–Crippen MR) is 99.2 cm³/mol. The van der Waals surface area contributed by atoms with Crippen molar-refractivity contribution in [3.8, 4) is 0 Å². The molecule has 1 aliphatic heterocycles. The molecule has 0 atom stereocenters. The van der Waals surface area contributed by atoms with Crippen LogP contribution < -0.4 is 11.1 Å². The van der Waals surface area contributed by atoms with Crippen molar-refractivity contribution in [3.63, 3.8) is 0 Å².